The molecule has 0 aliphatic rings. The topological polar surface area (TPSA) is 81.1 Å². The number of amides is 1. The first-order chi connectivity index (χ1) is 17.5. The van der Waals surface area contributed by atoms with E-state index in [0.29, 0.717) is 39.7 Å². The van der Waals surface area contributed by atoms with E-state index in [2.05, 4.69) is 20.8 Å². The van der Waals surface area contributed by atoms with E-state index in [1.807, 2.05) is 60.7 Å². The van der Waals surface area contributed by atoms with Gasteiger partial charge in [-0.3, -0.25) is 10.1 Å². The number of ether oxygens (including phenoxy) is 1. The van der Waals surface area contributed by atoms with Gasteiger partial charge in [0.1, 0.15) is 23.4 Å². The van der Waals surface area contributed by atoms with Crippen molar-refractivity contribution < 1.29 is 9.53 Å². The number of aromatic nitrogens is 3. The number of carbonyl (C=O) groups excluding carboxylic acids is 1. The van der Waals surface area contributed by atoms with Gasteiger partial charge in [0.25, 0.3) is 5.91 Å². The molecule has 0 aliphatic heterocycles. The quantitative estimate of drug-likeness (QED) is 0.280. The summed E-state index contributed by atoms with van der Waals surface area (Å²) in [5.41, 5.74) is 4.12. The van der Waals surface area contributed by atoms with Crippen LogP contribution in [0.5, 0.6) is 5.75 Å². The van der Waals surface area contributed by atoms with Crippen LogP contribution in [0.2, 0.25) is 5.02 Å². The first-order valence-corrected chi connectivity index (χ1v) is 11.8. The van der Waals surface area contributed by atoms with Crippen molar-refractivity contribution in [2.24, 2.45) is 0 Å². The monoisotopic (exact) mass is 513 g/mol. The number of carbonyl (C=O) groups is 1. The summed E-state index contributed by atoms with van der Waals surface area (Å²) < 4.78 is 5.77. The first kappa shape index (κ1) is 23.5. The molecule has 0 fully saturated rings. The molecule has 5 aromatic rings. The Morgan fingerprint density at radius 2 is 1.53 bits per heavy atom. The molecule has 0 spiro atoms. The van der Waals surface area contributed by atoms with E-state index in [4.69, 9.17) is 28.6 Å². The molecule has 0 aliphatic carbocycles. The smallest absolute Gasteiger partial charge is 0.257 e. The van der Waals surface area contributed by atoms with Crippen molar-refractivity contribution in [1.29, 1.82) is 0 Å². The lowest BCUT2D eigenvalue weighted by Gasteiger charge is -2.11. The SMILES string of the molecule is O=C(NC(=S)Nc1cc2nn(-c3ccccc3)nc2cc1Cl)c1ccc(OCc2ccccc2)cc1. The van der Waals surface area contributed by atoms with E-state index in [1.165, 1.54) is 4.80 Å². The number of para-hydroxylation sites is 1. The summed E-state index contributed by atoms with van der Waals surface area (Å²) in [6, 6.07) is 29.7. The number of anilines is 1. The van der Waals surface area contributed by atoms with Crippen molar-refractivity contribution >= 4 is 51.6 Å². The average Bonchev–Trinajstić information content (AvgIpc) is 3.31. The van der Waals surface area contributed by atoms with Crippen LogP contribution in [0.3, 0.4) is 0 Å². The number of benzene rings is 4. The largest absolute Gasteiger partial charge is 0.489 e. The van der Waals surface area contributed by atoms with Gasteiger partial charge in [-0.25, -0.2) is 0 Å². The van der Waals surface area contributed by atoms with Gasteiger partial charge in [0.2, 0.25) is 0 Å². The van der Waals surface area contributed by atoms with Crippen LogP contribution in [0, 0.1) is 0 Å². The van der Waals surface area contributed by atoms with Crippen molar-refractivity contribution in [1.82, 2.24) is 20.3 Å². The molecule has 0 saturated carbocycles. The van der Waals surface area contributed by atoms with E-state index < -0.39 is 0 Å². The van der Waals surface area contributed by atoms with Gasteiger partial charge in [0.05, 0.1) is 16.4 Å². The minimum atomic E-state index is -0.352. The molecule has 36 heavy (non-hydrogen) atoms. The van der Waals surface area contributed by atoms with Crippen LogP contribution in [0.25, 0.3) is 16.7 Å². The summed E-state index contributed by atoms with van der Waals surface area (Å²) in [6.07, 6.45) is 0. The van der Waals surface area contributed by atoms with Gasteiger partial charge in [0, 0.05) is 5.56 Å². The predicted octanol–water partition coefficient (Wildman–Crippen LogP) is 5.78. The molecule has 5 rings (SSSR count). The number of nitrogens with zero attached hydrogens (tertiary/aromatic N) is 3. The second-order valence-corrected chi connectivity index (χ2v) is 8.67. The fraction of sp³-hybridized carbons (Fsp3) is 0.0370. The van der Waals surface area contributed by atoms with Crippen molar-refractivity contribution in [3.05, 3.63) is 113 Å². The van der Waals surface area contributed by atoms with Gasteiger partial charge < -0.3 is 10.1 Å². The molecule has 2 N–H and O–H groups in total. The molecule has 9 heteroatoms. The molecule has 1 aromatic heterocycles. The molecular weight excluding hydrogens is 494 g/mol. The molecule has 1 heterocycles. The van der Waals surface area contributed by atoms with E-state index in [1.54, 1.807) is 36.4 Å². The van der Waals surface area contributed by atoms with Crippen LogP contribution in [0.1, 0.15) is 15.9 Å². The Hall–Kier alpha value is -4.27. The van der Waals surface area contributed by atoms with E-state index in [9.17, 15) is 4.79 Å². The highest BCUT2D eigenvalue weighted by atomic mass is 35.5. The van der Waals surface area contributed by atoms with E-state index >= 15 is 0 Å². The van der Waals surface area contributed by atoms with Gasteiger partial charge in [-0.05, 0) is 66.3 Å². The van der Waals surface area contributed by atoms with E-state index in [-0.39, 0.29) is 11.0 Å². The summed E-state index contributed by atoms with van der Waals surface area (Å²) in [5.74, 6) is 0.314. The Morgan fingerprint density at radius 1 is 0.889 bits per heavy atom. The lowest BCUT2D eigenvalue weighted by atomic mass is 10.2. The fourth-order valence-electron chi connectivity index (χ4n) is 3.48. The number of hydrogen-bond acceptors (Lipinski definition) is 5. The summed E-state index contributed by atoms with van der Waals surface area (Å²) >= 11 is 11.8. The second kappa shape index (κ2) is 10.6. The fourth-order valence-corrected chi connectivity index (χ4v) is 3.89. The zero-order chi connectivity index (χ0) is 24.9. The van der Waals surface area contributed by atoms with Gasteiger partial charge >= 0.3 is 0 Å². The molecule has 0 unspecified atom stereocenters. The molecule has 0 saturated heterocycles. The summed E-state index contributed by atoms with van der Waals surface area (Å²) in [4.78, 5) is 14.2. The maximum absolute atomic E-state index is 12.7. The number of rotatable bonds is 6. The third-order valence-corrected chi connectivity index (χ3v) is 5.81. The lowest BCUT2D eigenvalue weighted by Crippen LogP contribution is -2.34. The number of hydrogen-bond donors (Lipinski definition) is 2. The number of fused-ring (bicyclic) bond motifs is 1. The lowest BCUT2D eigenvalue weighted by molar-refractivity contribution is 0.0977. The highest BCUT2D eigenvalue weighted by molar-refractivity contribution is 7.80. The molecule has 0 radical (unpaired) electrons. The third-order valence-electron chi connectivity index (χ3n) is 5.30. The Morgan fingerprint density at radius 3 is 2.22 bits per heavy atom. The Balaban J connectivity index is 1.21. The zero-order valence-corrected chi connectivity index (χ0v) is 20.5. The van der Waals surface area contributed by atoms with Crippen LogP contribution < -0.4 is 15.4 Å². The Kier molecular flexibility index (Phi) is 6.88. The number of thiocarbonyl (C=S) groups is 1. The molecule has 0 atom stereocenters. The Bertz CT molecular complexity index is 1520. The van der Waals surface area contributed by atoms with Gasteiger partial charge in [-0.1, -0.05) is 60.1 Å². The van der Waals surface area contributed by atoms with Crippen molar-refractivity contribution in [2.75, 3.05) is 5.32 Å². The second-order valence-electron chi connectivity index (χ2n) is 7.85. The van der Waals surface area contributed by atoms with Gasteiger partial charge in [-0.2, -0.15) is 4.80 Å². The van der Waals surface area contributed by atoms with Crippen molar-refractivity contribution in [3.63, 3.8) is 0 Å². The normalized spacial score (nSPS) is 10.7. The number of nitrogens with one attached hydrogen (secondary N) is 2. The molecular formula is C27H20ClN5O2S. The molecule has 0 bridgehead atoms. The van der Waals surface area contributed by atoms with E-state index in [0.717, 1.165) is 11.3 Å². The summed E-state index contributed by atoms with van der Waals surface area (Å²) in [6.45, 7) is 0.449. The minimum Gasteiger partial charge on any atom is -0.489 e. The average molecular weight is 514 g/mol. The molecule has 7 nitrogen and oxygen atoms in total. The van der Waals surface area contributed by atoms with Crippen molar-refractivity contribution in [2.45, 2.75) is 6.61 Å². The highest BCUT2D eigenvalue weighted by Crippen LogP contribution is 2.27. The summed E-state index contributed by atoms with van der Waals surface area (Å²) in [5, 5.41) is 15.1. The van der Waals surface area contributed by atoms with Crippen LogP contribution in [0.15, 0.2) is 97.1 Å². The highest BCUT2D eigenvalue weighted by Gasteiger charge is 2.13. The van der Waals surface area contributed by atoms with Crippen molar-refractivity contribution in [3.8, 4) is 11.4 Å². The van der Waals surface area contributed by atoms with Crippen LogP contribution in [0.4, 0.5) is 5.69 Å². The molecule has 4 aromatic carbocycles. The minimum absolute atomic E-state index is 0.112. The predicted molar refractivity (Wildman–Crippen MR) is 145 cm³/mol. The van der Waals surface area contributed by atoms with Crippen LogP contribution in [-0.4, -0.2) is 26.0 Å². The summed E-state index contributed by atoms with van der Waals surface area (Å²) in [7, 11) is 0. The first-order valence-electron chi connectivity index (χ1n) is 11.1. The third kappa shape index (κ3) is 5.51. The maximum Gasteiger partial charge on any atom is 0.257 e. The van der Waals surface area contributed by atoms with Gasteiger partial charge in [0.15, 0.2) is 5.11 Å². The molecule has 1 amide bonds. The number of halogens is 1. The Labute approximate surface area is 217 Å². The zero-order valence-electron chi connectivity index (χ0n) is 18.9. The molecule has 178 valence electrons. The van der Waals surface area contributed by atoms with Crippen LogP contribution >= 0.6 is 23.8 Å². The standard InChI is InChI=1S/C27H20ClN5O2S/c28-22-15-24-25(32-33(31-24)20-9-5-2-6-10-20)16-23(22)29-27(36)30-26(34)19-11-13-21(14-12-19)35-17-18-7-3-1-4-8-18/h1-16H,17H2,(H2,29,30,34,36). The van der Waals surface area contributed by atoms with Gasteiger partial charge in [-0.15, -0.1) is 10.2 Å². The maximum atomic E-state index is 12.7. The van der Waals surface area contributed by atoms with Crippen LogP contribution in [-0.2, 0) is 6.61 Å².